The van der Waals surface area contributed by atoms with E-state index >= 15 is 0 Å². The Bertz CT molecular complexity index is 283. The van der Waals surface area contributed by atoms with E-state index in [9.17, 15) is 0 Å². The van der Waals surface area contributed by atoms with Crippen LogP contribution in [-0.4, -0.2) is 4.98 Å². The normalized spacial score (nSPS) is 10.2. The van der Waals surface area contributed by atoms with Gasteiger partial charge in [0.05, 0.1) is 6.26 Å². The summed E-state index contributed by atoms with van der Waals surface area (Å²) >= 11 is 0. The molecular formula is C7H4NO. The minimum atomic E-state index is 0.789. The Morgan fingerprint density at radius 2 is 2.56 bits per heavy atom. The zero-order chi connectivity index (χ0) is 6.10. The number of fused-ring (bicyclic) bond motifs is 1. The van der Waals surface area contributed by atoms with Gasteiger partial charge >= 0.3 is 0 Å². The second-order valence-electron chi connectivity index (χ2n) is 1.74. The molecule has 2 nitrogen and oxygen atoms in total. The molecule has 2 aromatic rings. The summed E-state index contributed by atoms with van der Waals surface area (Å²) in [5.41, 5.74) is 1.67. The predicted octanol–water partition coefficient (Wildman–Crippen LogP) is 1.63. The number of hydrogen-bond acceptors (Lipinski definition) is 2. The van der Waals surface area contributed by atoms with E-state index in [4.69, 9.17) is 4.42 Å². The molecule has 0 atom stereocenters. The minimum absolute atomic E-state index is 0.789. The lowest BCUT2D eigenvalue weighted by Crippen LogP contribution is -1.67. The maximum Gasteiger partial charge on any atom is 0.152 e. The number of hydrogen-bond donors (Lipinski definition) is 0. The van der Waals surface area contributed by atoms with Crippen LogP contribution >= 0.6 is 0 Å². The molecule has 1 radical (unpaired) electrons. The van der Waals surface area contributed by atoms with Crippen LogP contribution in [0.15, 0.2) is 29.0 Å². The largest absolute Gasteiger partial charge is 0.463 e. The van der Waals surface area contributed by atoms with Gasteiger partial charge in [0.1, 0.15) is 5.52 Å². The molecule has 2 aromatic heterocycles. The molecule has 0 aliphatic carbocycles. The van der Waals surface area contributed by atoms with Crippen LogP contribution in [0.4, 0.5) is 0 Å². The van der Waals surface area contributed by atoms with Crippen LogP contribution < -0.4 is 0 Å². The molecule has 0 fully saturated rings. The Labute approximate surface area is 52.1 Å². The van der Waals surface area contributed by atoms with Gasteiger partial charge in [-0.1, -0.05) is 0 Å². The third-order valence-corrected chi connectivity index (χ3v) is 1.17. The number of rotatable bonds is 0. The summed E-state index contributed by atoms with van der Waals surface area (Å²) in [4.78, 5) is 3.99. The highest BCUT2D eigenvalue weighted by Crippen LogP contribution is 2.09. The first-order valence-electron chi connectivity index (χ1n) is 2.66. The van der Waals surface area contributed by atoms with E-state index in [-0.39, 0.29) is 0 Å². The van der Waals surface area contributed by atoms with Crippen molar-refractivity contribution in [3.8, 4) is 0 Å². The molecule has 0 amide bonds. The smallest absolute Gasteiger partial charge is 0.152 e. The number of nitrogens with zero attached hydrogens (tertiary/aromatic N) is 1. The standard InChI is InChI=1S/C7H4NO/c1-2-7-6(8-4-1)3-5-9-7/h2-5H. The van der Waals surface area contributed by atoms with Gasteiger partial charge in [0.2, 0.25) is 0 Å². The fraction of sp³-hybridized carbons (Fsp3) is 0. The second-order valence-corrected chi connectivity index (χ2v) is 1.74. The molecule has 0 saturated heterocycles. The molecule has 0 saturated carbocycles. The highest BCUT2D eigenvalue weighted by atomic mass is 16.3. The van der Waals surface area contributed by atoms with Crippen molar-refractivity contribution in [2.75, 3.05) is 0 Å². The van der Waals surface area contributed by atoms with Crippen molar-refractivity contribution in [1.29, 1.82) is 0 Å². The average molecular weight is 118 g/mol. The van der Waals surface area contributed by atoms with Crippen molar-refractivity contribution in [3.63, 3.8) is 0 Å². The van der Waals surface area contributed by atoms with Crippen LogP contribution in [0.3, 0.4) is 0 Å². The van der Waals surface area contributed by atoms with E-state index in [0.717, 1.165) is 11.1 Å². The van der Waals surface area contributed by atoms with Gasteiger partial charge in [-0.25, -0.2) is 0 Å². The van der Waals surface area contributed by atoms with Gasteiger partial charge in [-0.2, -0.15) is 0 Å². The molecule has 0 spiro atoms. The molecule has 2 heterocycles. The van der Waals surface area contributed by atoms with Gasteiger partial charge in [-0.15, -0.1) is 0 Å². The highest BCUT2D eigenvalue weighted by Gasteiger charge is 1.91. The Kier molecular flexibility index (Phi) is 0.803. The lowest BCUT2D eigenvalue weighted by Gasteiger charge is -1.80. The Morgan fingerprint density at radius 1 is 1.56 bits per heavy atom. The van der Waals surface area contributed by atoms with Crippen molar-refractivity contribution in [2.45, 2.75) is 0 Å². The molecule has 0 unspecified atom stereocenters. The number of aromatic nitrogens is 1. The van der Waals surface area contributed by atoms with Crippen molar-refractivity contribution in [1.82, 2.24) is 4.98 Å². The van der Waals surface area contributed by atoms with Crippen LogP contribution in [0.5, 0.6) is 0 Å². The summed E-state index contributed by atoms with van der Waals surface area (Å²) in [5.74, 6) is 0. The summed E-state index contributed by atoms with van der Waals surface area (Å²) in [6, 6.07) is 6.41. The zero-order valence-electron chi connectivity index (χ0n) is 4.66. The highest BCUT2D eigenvalue weighted by molar-refractivity contribution is 5.71. The van der Waals surface area contributed by atoms with E-state index < -0.39 is 0 Å². The Balaban J connectivity index is 2.95. The summed E-state index contributed by atoms with van der Waals surface area (Å²) in [6.07, 6.45) is 3.24. The summed E-state index contributed by atoms with van der Waals surface area (Å²) < 4.78 is 5.02. The predicted molar refractivity (Wildman–Crippen MR) is 32.8 cm³/mol. The minimum Gasteiger partial charge on any atom is -0.463 e. The maximum atomic E-state index is 5.02. The topological polar surface area (TPSA) is 26.0 Å². The Morgan fingerprint density at radius 3 is 3.44 bits per heavy atom. The van der Waals surface area contributed by atoms with Crippen LogP contribution in [0.1, 0.15) is 0 Å². The monoisotopic (exact) mass is 118 g/mol. The quantitative estimate of drug-likeness (QED) is 0.525. The van der Waals surface area contributed by atoms with Gasteiger partial charge in [0.25, 0.3) is 0 Å². The van der Waals surface area contributed by atoms with E-state index in [1.165, 1.54) is 0 Å². The molecule has 43 valence electrons. The van der Waals surface area contributed by atoms with Gasteiger partial charge in [-0.05, 0) is 6.07 Å². The van der Waals surface area contributed by atoms with Crippen molar-refractivity contribution in [3.05, 3.63) is 30.7 Å². The molecule has 0 bridgehead atoms. The van der Waals surface area contributed by atoms with Crippen LogP contribution in [0.2, 0.25) is 0 Å². The summed E-state index contributed by atoms with van der Waals surface area (Å²) in [7, 11) is 0. The van der Waals surface area contributed by atoms with Crippen molar-refractivity contribution < 1.29 is 4.42 Å². The molecule has 2 heteroatoms. The number of pyridine rings is 1. The van der Waals surface area contributed by atoms with Gasteiger partial charge in [-0.3, -0.25) is 4.98 Å². The van der Waals surface area contributed by atoms with Crippen molar-refractivity contribution in [2.24, 2.45) is 0 Å². The van der Waals surface area contributed by atoms with Gasteiger partial charge in [0.15, 0.2) is 5.58 Å². The summed E-state index contributed by atoms with van der Waals surface area (Å²) in [6.45, 7) is 0. The first-order chi connectivity index (χ1) is 4.47. The fourth-order valence-electron chi connectivity index (χ4n) is 0.749. The second kappa shape index (κ2) is 1.58. The third kappa shape index (κ3) is 0.598. The molecule has 9 heavy (non-hydrogen) atoms. The molecule has 0 N–H and O–H groups in total. The molecule has 0 aliphatic rings. The van der Waals surface area contributed by atoms with Crippen LogP contribution in [0, 0.1) is 6.07 Å². The third-order valence-electron chi connectivity index (χ3n) is 1.17. The van der Waals surface area contributed by atoms with Crippen LogP contribution in [0.25, 0.3) is 11.1 Å². The van der Waals surface area contributed by atoms with Crippen LogP contribution in [-0.2, 0) is 0 Å². The molecule has 2 rings (SSSR count). The van der Waals surface area contributed by atoms with Crippen molar-refractivity contribution >= 4 is 11.1 Å². The van der Waals surface area contributed by atoms with Gasteiger partial charge < -0.3 is 4.42 Å². The van der Waals surface area contributed by atoms with E-state index in [2.05, 4.69) is 11.1 Å². The lowest BCUT2D eigenvalue weighted by molar-refractivity contribution is 0.615. The lowest BCUT2D eigenvalue weighted by atomic mass is 10.4. The maximum absolute atomic E-state index is 5.02. The molecule has 0 aliphatic heterocycles. The SMILES string of the molecule is [c]1cnc2ccoc2c1. The average Bonchev–Trinajstić information content (AvgIpc) is 2.33. The fourth-order valence-corrected chi connectivity index (χ4v) is 0.749. The first kappa shape index (κ1) is 4.56. The molecular weight excluding hydrogens is 114 g/mol. The van der Waals surface area contributed by atoms with E-state index in [1.807, 2.05) is 6.07 Å². The van der Waals surface area contributed by atoms with Gasteiger partial charge in [0, 0.05) is 18.3 Å². The zero-order valence-corrected chi connectivity index (χ0v) is 4.66. The number of furan rings is 1. The van der Waals surface area contributed by atoms with E-state index in [0.29, 0.717) is 0 Å². The van der Waals surface area contributed by atoms with E-state index in [1.54, 1.807) is 18.5 Å². The molecule has 0 aromatic carbocycles. The first-order valence-corrected chi connectivity index (χ1v) is 2.66. The Hall–Kier alpha value is -1.31. The summed E-state index contributed by atoms with van der Waals surface area (Å²) in [5, 5.41) is 0.